The average Bonchev–Trinajstić information content (AvgIpc) is 3.05. The molecule has 0 aliphatic rings. The number of nitrogens with one attached hydrogen (secondary N) is 3. The number of aliphatic hydroxyl groups excluding tert-OH is 1. The van der Waals surface area contributed by atoms with Crippen molar-refractivity contribution in [1.29, 1.82) is 0 Å². The van der Waals surface area contributed by atoms with Crippen molar-refractivity contribution in [2.75, 3.05) is 12.0 Å². The van der Waals surface area contributed by atoms with Crippen molar-refractivity contribution in [2.24, 2.45) is 0 Å². The van der Waals surface area contributed by atoms with Crippen LogP contribution in [-0.4, -0.2) is 32.8 Å². The van der Waals surface area contributed by atoms with Crippen molar-refractivity contribution in [3.05, 3.63) is 29.9 Å². The van der Waals surface area contributed by atoms with Crippen molar-refractivity contribution in [3.63, 3.8) is 0 Å². The average molecular weight is 289 g/mol. The summed E-state index contributed by atoms with van der Waals surface area (Å²) in [6.07, 6.45) is 3.56. The Morgan fingerprint density at radius 3 is 3.25 bits per heavy atom. The Kier molecular flexibility index (Phi) is 3.32. The number of anilines is 1. The van der Waals surface area contributed by atoms with Crippen LogP contribution in [0.4, 0.5) is 9.93 Å². The highest BCUT2D eigenvalue weighted by molar-refractivity contribution is 7.14. The van der Waals surface area contributed by atoms with E-state index in [2.05, 4.69) is 25.6 Å². The third kappa shape index (κ3) is 2.33. The Balaban J connectivity index is 1.88. The molecule has 3 aromatic rings. The van der Waals surface area contributed by atoms with Crippen LogP contribution in [0.2, 0.25) is 0 Å². The molecular weight excluding hydrogens is 278 g/mol. The molecule has 0 aliphatic carbocycles. The number of urea groups is 1. The number of thiazole rings is 1. The van der Waals surface area contributed by atoms with Crippen LogP contribution in [0.15, 0.2) is 29.9 Å². The van der Waals surface area contributed by atoms with Gasteiger partial charge in [-0.15, -0.1) is 11.3 Å². The summed E-state index contributed by atoms with van der Waals surface area (Å²) in [5.74, 6) is 0. The second-order valence-corrected chi connectivity index (χ2v) is 4.79. The van der Waals surface area contributed by atoms with Gasteiger partial charge < -0.3 is 15.4 Å². The van der Waals surface area contributed by atoms with Gasteiger partial charge in [-0.25, -0.2) is 14.8 Å². The normalized spacial score (nSPS) is 10.7. The molecule has 0 fully saturated rings. The number of fused-ring (bicyclic) bond motifs is 1. The standard InChI is InChI=1S/C12H11N5O2S/c18-6-15-11(19)17-12-16-9(5-20-12)8-4-14-10-7(8)2-1-3-13-10/h1-5,18H,6H2,(H,13,14)(H2,15,16,17,19). The van der Waals surface area contributed by atoms with Gasteiger partial charge in [-0.3, -0.25) is 5.32 Å². The van der Waals surface area contributed by atoms with E-state index in [0.29, 0.717) is 5.13 Å². The van der Waals surface area contributed by atoms with Crippen LogP contribution in [0.1, 0.15) is 0 Å². The topological polar surface area (TPSA) is 103 Å². The highest BCUT2D eigenvalue weighted by Gasteiger charge is 2.11. The van der Waals surface area contributed by atoms with Crippen LogP contribution in [0, 0.1) is 0 Å². The first-order valence-corrected chi connectivity index (χ1v) is 6.69. The second-order valence-electron chi connectivity index (χ2n) is 3.93. The fourth-order valence-corrected chi connectivity index (χ4v) is 2.54. The van der Waals surface area contributed by atoms with Crippen LogP contribution in [-0.2, 0) is 0 Å². The molecule has 0 aliphatic heterocycles. The number of rotatable bonds is 3. The molecule has 0 saturated carbocycles. The number of amides is 2. The SMILES string of the molecule is O=C(NCO)Nc1nc(-c2c[nH]c3ncccc23)cs1. The van der Waals surface area contributed by atoms with E-state index in [-0.39, 0.29) is 0 Å². The van der Waals surface area contributed by atoms with E-state index in [0.717, 1.165) is 22.3 Å². The van der Waals surface area contributed by atoms with Crippen LogP contribution in [0.25, 0.3) is 22.3 Å². The number of aromatic amines is 1. The molecule has 0 unspecified atom stereocenters. The largest absolute Gasteiger partial charge is 0.376 e. The lowest BCUT2D eigenvalue weighted by Gasteiger charge is -2.00. The molecule has 102 valence electrons. The summed E-state index contributed by atoms with van der Waals surface area (Å²) in [4.78, 5) is 22.9. The number of hydrogen-bond acceptors (Lipinski definition) is 5. The Morgan fingerprint density at radius 1 is 1.50 bits per heavy atom. The molecule has 0 saturated heterocycles. The highest BCUT2D eigenvalue weighted by atomic mass is 32.1. The molecule has 20 heavy (non-hydrogen) atoms. The Bertz CT molecular complexity index is 751. The molecule has 3 rings (SSSR count). The van der Waals surface area contributed by atoms with Gasteiger partial charge in [0.05, 0.1) is 5.69 Å². The number of aromatic nitrogens is 3. The van der Waals surface area contributed by atoms with Gasteiger partial charge in [-0.1, -0.05) is 0 Å². The van der Waals surface area contributed by atoms with Gasteiger partial charge in [0.15, 0.2) is 5.13 Å². The maximum absolute atomic E-state index is 11.3. The highest BCUT2D eigenvalue weighted by Crippen LogP contribution is 2.30. The lowest BCUT2D eigenvalue weighted by atomic mass is 10.2. The molecule has 7 nitrogen and oxygen atoms in total. The van der Waals surface area contributed by atoms with E-state index in [1.54, 1.807) is 6.20 Å². The van der Waals surface area contributed by atoms with Crippen LogP contribution in [0.5, 0.6) is 0 Å². The first kappa shape index (κ1) is 12.6. The monoisotopic (exact) mass is 289 g/mol. The van der Waals surface area contributed by atoms with Crippen molar-refractivity contribution >= 4 is 33.5 Å². The molecule has 8 heteroatoms. The zero-order chi connectivity index (χ0) is 13.9. The lowest BCUT2D eigenvalue weighted by Crippen LogP contribution is -2.29. The van der Waals surface area contributed by atoms with Crippen LogP contribution < -0.4 is 10.6 Å². The molecule has 0 spiro atoms. The van der Waals surface area contributed by atoms with Crippen molar-refractivity contribution in [3.8, 4) is 11.3 Å². The summed E-state index contributed by atoms with van der Waals surface area (Å²) < 4.78 is 0. The van der Waals surface area contributed by atoms with Gasteiger partial charge in [0.2, 0.25) is 0 Å². The molecule has 0 aromatic carbocycles. The smallest absolute Gasteiger partial charge is 0.322 e. The first-order valence-electron chi connectivity index (χ1n) is 5.81. The Labute approximate surface area is 117 Å². The maximum Gasteiger partial charge on any atom is 0.322 e. The number of aliphatic hydroxyl groups is 1. The number of carbonyl (C=O) groups excluding carboxylic acids is 1. The molecule has 0 bridgehead atoms. The third-order valence-electron chi connectivity index (χ3n) is 2.69. The van der Waals surface area contributed by atoms with Gasteiger partial charge in [0.1, 0.15) is 12.4 Å². The van der Waals surface area contributed by atoms with Gasteiger partial charge in [-0.2, -0.15) is 0 Å². The maximum atomic E-state index is 11.3. The fraction of sp³-hybridized carbons (Fsp3) is 0.0833. The molecular formula is C12H11N5O2S. The predicted octanol–water partition coefficient (Wildman–Crippen LogP) is 1.76. The van der Waals surface area contributed by atoms with Crippen molar-refractivity contribution in [1.82, 2.24) is 20.3 Å². The van der Waals surface area contributed by atoms with Crippen molar-refractivity contribution < 1.29 is 9.90 Å². The van der Waals surface area contributed by atoms with E-state index in [1.807, 2.05) is 23.7 Å². The molecule has 0 radical (unpaired) electrons. The van der Waals surface area contributed by atoms with Gasteiger partial charge in [-0.05, 0) is 12.1 Å². The Hall–Kier alpha value is -2.45. The summed E-state index contributed by atoms with van der Waals surface area (Å²) in [5, 5.41) is 16.6. The zero-order valence-electron chi connectivity index (χ0n) is 10.3. The molecule has 3 aromatic heterocycles. The van der Waals surface area contributed by atoms with Crippen LogP contribution in [0.3, 0.4) is 0 Å². The minimum Gasteiger partial charge on any atom is -0.376 e. The van der Waals surface area contributed by atoms with Gasteiger partial charge in [0, 0.05) is 28.7 Å². The quantitative estimate of drug-likeness (QED) is 0.552. The summed E-state index contributed by atoms with van der Waals surface area (Å²) in [5.41, 5.74) is 2.48. The molecule has 2 amide bonds. The zero-order valence-corrected chi connectivity index (χ0v) is 11.1. The molecule has 3 heterocycles. The summed E-state index contributed by atoms with van der Waals surface area (Å²) in [6.45, 7) is -0.418. The Morgan fingerprint density at radius 2 is 2.40 bits per heavy atom. The third-order valence-corrected chi connectivity index (χ3v) is 3.45. The lowest BCUT2D eigenvalue weighted by molar-refractivity contribution is 0.228. The number of pyridine rings is 1. The predicted molar refractivity (Wildman–Crippen MR) is 76.4 cm³/mol. The molecule has 0 atom stereocenters. The van der Waals surface area contributed by atoms with Gasteiger partial charge >= 0.3 is 6.03 Å². The van der Waals surface area contributed by atoms with Crippen LogP contribution >= 0.6 is 11.3 Å². The number of hydrogen-bond donors (Lipinski definition) is 4. The summed E-state index contributed by atoms with van der Waals surface area (Å²) in [6, 6.07) is 3.33. The van der Waals surface area contributed by atoms with E-state index >= 15 is 0 Å². The van der Waals surface area contributed by atoms with E-state index in [4.69, 9.17) is 5.11 Å². The molecule has 4 N–H and O–H groups in total. The second kappa shape index (κ2) is 5.27. The summed E-state index contributed by atoms with van der Waals surface area (Å²) in [7, 11) is 0. The number of nitrogens with zero attached hydrogens (tertiary/aromatic N) is 2. The van der Waals surface area contributed by atoms with E-state index in [9.17, 15) is 4.79 Å². The number of H-pyrrole nitrogens is 1. The summed E-state index contributed by atoms with van der Waals surface area (Å²) >= 11 is 1.31. The van der Waals surface area contributed by atoms with E-state index in [1.165, 1.54) is 11.3 Å². The van der Waals surface area contributed by atoms with Crippen molar-refractivity contribution in [2.45, 2.75) is 0 Å². The van der Waals surface area contributed by atoms with E-state index < -0.39 is 12.8 Å². The number of carbonyl (C=O) groups is 1. The minimum absolute atomic E-state index is 0.418. The fourth-order valence-electron chi connectivity index (χ4n) is 1.84. The first-order chi connectivity index (χ1) is 9.78. The van der Waals surface area contributed by atoms with Gasteiger partial charge in [0.25, 0.3) is 0 Å². The minimum atomic E-state index is -0.492.